The molecule has 9 heteroatoms. The number of anilines is 1. The van der Waals surface area contributed by atoms with Crippen LogP contribution in [-0.4, -0.2) is 21.7 Å². The van der Waals surface area contributed by atoms with E-state index in [0.717, 1.165) is 6.07 Å². The molecule has 0 saturated heterocycles. The fraction of sp³-hybridized carbons (Fsp3) is 0. The second-order valence-electron chi connectivity index (χ2n) is 4.40. The SMILES string of the molecule is O=C1c2c(Cl)ccc([N+](=O)[O-])c2C(=O)N1c1ccc[nH]c1=O. The van der Waals surface area contributed by atoms with E-state index in [1.807, 2.05) is 0 Å². The number of nitro groups is 1. The van der Waals surface area contributed by atoms with Gasteiger partial charge in [0.1, 0.15) is 11.3 Å². The smallest absolute Gasteiger partial charge is 0.283 e. The number of nitrogens with one attached hydrogen (secondary N) is 1. The lowest BCUT2D eigenvalue weighted by Gasteiger charge is -2.11. The van der Waals surface area contributed by atoms with Gasteiger partial charge in [0.15, 0.2) is 0 Å². The Kier molecular flexibility index (Phi) is 3.03. The first-order chi connectivity index (χ1) is 10.4. The summed E-state index contributed by atoms with van der Waals surface area (Å²) < 4.78 is 0. The topological polar surface area (TPSA) is 113 Å². The molecule has 2 heterocycles. The van der Waals surface area contributed by atoms with Crippen molar-refractivity contribution in [2.24, 2.45) is 0 Å². The number of benzene rings is 1. The molecular formula is C13H6ClN3O5. The molecule has 8 nitrogen and oxygen atoms in total. The van der Waals surface area contributed by atoms with Crippen LogP contribution >= 0.6 is 11.6 Å². The van der Waals surface area contributed by atoms with Crippen molar-refractivity contribution in [1.29, 1.82) is 0 Å². The van der Waals surface area contributed by atoms with Gasteiger partial charge in [0.05, 0.1) is 15.5 Å². The molecule has 0 atom stereocenters. The van der Waals surface area contributed by atoms with Crippen molar-refractivity contribution in [2.45, 2.75) is 0 Å². The molecule has 1 aliphatic rings. The van der Waals surface area contributed by atoms with E-state index < -0.39 is 33.5 Å². The van der Waals surface area contributed by atoms with Crippen LogP contribution in [0.15, 0.2) is 35.3 Å². The Bertz CT molecular complexity index is 905. The summed E-state index contributed by atoms with van der Waals surface area (Å²) in [6.45, 7) is 0. The molecule has 0 radical (unpaired) electrons. The average Bonchev–Trinajstić information content (AvgIpc) is 2.73. The molecule has 110 valence electrons. The van der Waals surface area contributed by atoms with Gasteiger partial charge in [0.2, 0.25) is 0 Å². The molecule has 0 fully saturated rings. The lowest BCUT2D eigenvalue weighted by atomic mass is 10.1. The number of H-pyrrole nitrogens is 1. The van der Waals surface area contributed by atoms with Gasteiger partial charge in [-0.25, -0.2) is 4.90 Å². The normalized spacial score (nSPS) is 13.4. The van der Waals surface area contributed by atoms with Crippen molar-refractivity contribution < 1.29 is 14.5 Å². The van der Waals surface area contributed by atoms with Gasteiger partial charge in [0.25, 0.3) is 23.1 Å². The van der Waals surface area contributed by atoms with Crippen LogP contribution in [0.2, 0.25) is 5.02 Å². The monoisotopic (exact) mass is 319 g/mol. The molecule has 0 bridgehead atoms. The molecule has 1 aromatic carbocycles. The van der Waals surface area contributed by atoms with E-state index in [9.17, 15) is 24.5 Å². The summed E-state index contributed by atoms with van der Waals surface area (Å²) in [4.78, 5) is 49.8. The number of nitrogens with zero attached hydrogens (tertiary/aromatic N) is 2. The second kappa shape index (κ2) is 4.78. The van der Waals surface area contributed by atoms with Crippen LogP contribution in [0.5, 0.6) is 0 Å². The van der Waals surface area contributed by atoms with Gasteiger partial charge < -0.3 is 4.98 Å². The number of imide groups is 1. The fourth-order valence-corrected chi connectivity index (χ4v) is 2.51. The lowest BCUT2D eigenvalue weighted by molar-refractivity contribution is -0.385. The summed E-state index contributed by atoms with van der Waals surface area (Å²) in [6, 6.07) is 4.91. The van der Waals surface area contributed by atoms with Gasteiger partial charge in [-0.05, 0) is 18.2 Å². The van der Waals surface area contributed by atoms with Crippen LogP contribution in [0.4, 0.5) is 11.4 Å². The molecule has 1 aliphatic heterocycles. The van der Waals surface area contributed by atoms with E-state index in [1.165, 1.54) is 24.4 Å². The predicted octanol–water partition coefficient (Wildman–Crippen LogP) is 1.74. The largest absolute Gasteiger partial charge is 0.327 e. The summed E-state index contributed by atoms with van der Waals surface area (Å²) in [6.07, 6.45) is 1.33. The second-order valence-corrected chi connectivity index (χ2v) is 4.81. The van der Waals surface area contributed by atoms with Crippen molar-refractivity contribution in [2.75, 3.05) is 4.90 Å². The highest BCUT2D eigenvalue weighted by molar-refractivity contribution is 6.42. The molecule has 0 saturated carbocycles. The van der Waals surface area contributed by atoms with Gasteiger partial charge in [-0.15, -0.1) is 0 Å². The van der Waals surface area contributed by atoms with Crippen LogP contribution < -0.4 is 10.5 Å². The zero-order chi connectivity index (χ0) is 16.0. The molecule has 3 rings (SSSR count). The Labute approximate surface area is 127 Å². The summed E-state index contributed by atoms with van der Waals surface area (Å²) in [5, 5.41) is 11.0. The first-order valence-electron chi connectivity index (χ1n) is 5.97. The van der Waals surface area contributed by atoms with Gasteiger partial charge in [0, 0.05) is 12.3 Å². The quantitative estimate of drug-likeness (QED) is 0.514. The first kappa shape index (κ1) is 14.0. The number of aromatic amines is 1. The molecule has 0 spiro atoms. The van der Waals surface area contributed by atoms with Gasteiger partial charge in [-0.3, -0.25) is 24.5 Å². The fourth-order valence-electron chi connectivity index (χ4n) is 2.27. The van der Waals surface area contributed by atoms with Gasteiger partial charge in [-0.1, -0.05) is 11.6 Å². The molecule has 1 N–H and O–H groups in total. The maximum atomic E-state index is 12.4. The zero-order valence-electron chi connectivity index (χ0n) is 10.7. The number of aromatic nitrogens is 1. The van der Waals surface area contributed by atoms with E-state index in [0.29, 0.717) is 4.90 Å². The Balaban J connectivity index is 2.28. The molecule has 22 heavy (non-hydrogen) atoms. The van der Waals surface area contributed by atoms with Gasteiger partial charge in [-0.2, -0.15) is 0 Å². The van der Waals surface area contributed by atoms with Crippen LogP contribution in [0.3, 0.4) is 0 Å². The highest BCUT2D eigenvalue weighted by Crippen LogP contribution is 2.36. The van der Waals surface area contributed by atoms with E-state index in [2.05, 4.69) is 4.98 Å². The number of amides is 2. The average molecular weight is 320 g/mol. The molecule has 0 aliphatic carbocycles. The third kappa shape index (κ3) is 1.81. The van der Waals surface area contributed by atoms with Crippen LogP contribution in [0.1, 0.15) is 20.7 Å². The maximum Gasteiger partial charge on any atom is 0.283 e. The Morgan fingerprint density at radius 2 is 1.77 bits per heavy atom. The lowest BCUT2D eigenvalue weighted by Crippen LogP contribution is -2.34. The number of hydrogen-bond donors (Lipinski definition) is 1. The summed E-state index contributed by atoms with van der Waals surface area (Å²) in [7, 11) is 0. The zero-order valence-corrected chi connectivity index (χ0v) is 11.5. The minimum absolute atomic E-state index is 0.0891. The van der Waals surface area contributed by atoms with Crippen LogP contribution in [0.25, 0.3) is 0 Å². The highest BCUT2D eigenvalue weighted by atomic mass is 35.5. The third-order valence-corrected chi connectivity index (χ3v) is 3.52. The molecule has 2 aromatic rings. The minimum Gasteiger partial charge on any atom is -0.327 e. The standard InChI is InChI=1S/C13H6ClN3O5/c14-6-3-4-7(17(21)22)10-9(6)12(19)16(13(10)20)8-2-1-5-15-11(8)18/h1-5H,(H,15,18). The van der Waals surface area contributed by atoms with E-state index in [1.54, 1.807) is 0 Å². The number of halogens is 1. The number of carbonyl (C=O) groups is 2. The van der Waals surface area contributed by atoms with Crippen molar-refractivity contribution in [1.82, 2.24) is 4.98 Å². The summed E-state index contributed by atoms with van der Waals surface area (Å²) >= 11 is 5.89. The highest BCUT2D eigenvalue weighted by Gasteiger charge is 2.44. The van der Waals surface area contributed by atoms with Crippen LogP contribution in [-0.2, 0) is 0 Å². The van der Waals surface area contributed by atoms with E-state index in [-0.39, 0.29) is 16.3 Å². The molecule has 1 aromatic heterocycles. The predicted molar refractivity (Wildman–Crippen MR) is 76.3 cm³/mol. The van der Waals surface area contributed by atoms with Crippen molar-refractivity contribution >= 4 is 34.8 Å². The molecule has 0 unspecified atom stereocenters. The maximum absolute atomic E-state index is 12.4. The Morgan fingerprint density at radius 1 is 1.09 bits per heavy atom. The minimum atomic E-state index is -0.953. The number of fused-ring (bicyclic) bond motifs is 1. The van der Waals surface area contributed by atoms with E-state index >= 15 is 0 Å². The Hall–Kier alpha value is -3.00. The number of rotatable bonds is 2. The number of nitro benzene ring substituents is 1. The molecule has 2 amide bonds. The van der Waals surface area contributed by atoms with Gasteiger partial charge >= 0.3 is 0 Å². The van der Waals surface area contributed by atoms with Crippen molar-refractivity contribution in [3.05, 3.63) is 67.1 Å². The summed E-state index contributed by atoms with van der Waals surface area (Å²) in [5.74, 6) is -1.82. The van der Waals surface area contributed by atoms with E-state index in [4.69, 9.17) is 11.6 Å². The number of hydrogen-bond acceptors (Lipinski definition) is 5. The summed E-state index contributed by atoms with van der Waals surface area (Å²) in [5.41, 5.74) is -2.11. The number of pyridine rings is 1. The number of carbonyl (C=O) groups excluding carboxylic acids is 2. The van der Waals surface area contributed by atoms with Crippen molar-refractivity contribution in [3.63, 3.8) is 0 Å². The van der Waals surface area contributed by atoms with Crippen LogP contribution in [0, 0.1) is 10.1 Å². The molecular weight excluding hydrogens is 314 g/mol. The first-order valence-corrected chi connectivity index (χ1v) is 6.34. The third-order valence-electron chi connectivity index (χ3n) is 3.20. The Morgan fingerprint density at radius 3 is 2.41 bits per heavy atom. The van der Waals surface area contributed by atoms with Crippen molar-refractivity contribution in [3.8, 4) is 0 Å².